The van der Waals surface area contributed by atoms with E-state index in [1.54, 1.807) is 0 Å². The van der Waals surface area contributed by atoms with Gasteiger partial charge in [0.15, 0.2) is 0 Å². The molecular formula is C18H32N2O. The molecule has 0 aliphatic heterocycles. The van der Waals surface area contributed by atoms with E-state index in [1.165, 1.54) is 5.56 Å². The zero-order valence-electron chi connectivity index (χ0n) is 14.2. The molecule has 3 heteroatoms. The molecule has 0 aliphatic carbocycles. The van der Waals surface area contributed by atoms with Crippen LogP contribution < -0.4 is 0 Å². The van der Waals surface area contributed by atoms with Gasteiger partial charge >= 0.3 is 0 Å². The molecular weight excluding hydrogens is 260 g/mol. The molecule has 1 unspecified atom stereocenters. The second-order valence-electron chi connectivity index (χ2n) is 6.06. The fraction of sp³-hybridized carbons (Fsp3) is 0.667. The van der Waals surface area contributed by atoms with Gasteiger partial charge in [-0.3, -0.25) is 0 Å². The Hall–Kier alpha value is -0.900. The molecule has 0 fully saturated rings. The summed E-state index contributed by atoms with van der Waals surface area (Å²) in [5.74, 6) is 0. The fourth-order valence-corrected chi connectivity index (χ4v) is 2.53. The minimum Gasteiger partial charge on any atom is -0.387 e. The van der Waals surface area contributed by atoms with Gasteiger partial charge in [-0.1, -0.05) is 44.5 Å². The van der Waals surface area contributed by atoms with Crippen LogP contribution in [0.5, 0.6) is 0 Å². The van der Waals surface area contributed by atoms with Crippen LogP contribution in [0.2, 0.25) is 0 Å². The highest BCUT2D eigenvalue weighted by atomic mass is 16.3. The summed E-state index contributed by atoms with van der Waals surface area (Å²) in [5.41, 5.74) is 2.38. The normalized spacial score (nSPS) is 13.1. The lowest BCUT2D eigenvalue weighted by atomic mass is 10.0. The van der Waals surface area contributed by atoms with E-state index in [0.717, 1.165) is 51.0 Å². The predicted octanol–water partition coefficient (Wildman–Crippen LogP) is 2.95. The summed E-state index contributed by atoms with van der Waals surface area (Å²) in [6, 6.07) is 8.43. The lowest BCUT2D eigenvalue weighted by Crippen LogP contribution is -2.31. The molecule has 0 aromatic heterocycles. The summed E-state index contributed by atoms with van der Waals surface area (Å²) in [6.45, 7) is 8.19. The summed E-state index contributed by atoms with van der Waals surface area (Å²) < 4.78 is 0. The summed E-state index contributed by atoms with van der Waals surface area (Å²) in [4.78, 5) is 4.53. The molecule has 1 N–H and O–H groups in total. The SMILES string of the molecule is CCCc1ccc(C(O)CN(CC)CCCN(C)C)cc1. The van der Waals surface area contributed by atoms with Crippen molar-refractivity contribution in [2.75, 3.05) is 40.3 Å². The molecule has 0 heterocycles. The van der Waals surface area contributed by atoms with Gasteiger partial charge in [0.2, 0.25) is 0 Å². The molecule has 120 valence electrons. The summed E-state index contributed by atoms with van der Waals surface area (Å²) in [6.07, 6.45) is 3.03. The largest absolute Gasteiger partial charge is 0.387 e. The highest BCUT2D eigenvalue weighted by molar-refractivity contribution is 5.24. The fourth-order valence-electron chi connectivity index (χ4n) is 2.53. The monoisotopic (exact) mass is 292 g/mol. The van der Waals surface area contributed by atoms with E-state index in [9.17, 15) is 5.11 Å². The van der Waals surface area contributed by atoms with Gasteiger partial charge in [-0.2, -0.15) is 0 Å². The maximum absolute atomic E-state index is 10.4. The van der Waals surface area contributed by atoms with Crippen LogP contribution in [0.15, 0.2) is 24.3 Å². The molecule has 0 bridgehead atoms. The zero-order chi connectivity index (χ0) is 15.7. The van der Waals surface area contributed by atoms with Crippen molar-refractivity contribution in [1.29, 1.82) is 0 Å². The van der Waals surface area contributed by atoms with Crippen LogP contribution in [-0.2, 0) is 6.42 Å². The van der Waals surface area contributed by atoms with Gasteiger partial charge in [0.25, 0.3) is 0 Å². The Morgan fingerprint density at radius 3 is 2.24 bits per heavy atom. The molecule has 0 saturated carbocycles. The Kier molecular flexibility index (Phi) is 8.58. The van der Waals surface area contributed by atoms with Gasteiger partial charge in [-0.15, -0.1) is 0 Å². The molecule has 21 heavy (non-hydrogen) atoms. The maximum Gasteiger partial charge on any atom is 0.0916 e. The van der Waals surface area contributed by atoms with E-state index in [4.69, 9.17) is 0 Å². The first-order valence-corrected chi connectivity index (χ1v) is 8.20. The Balaban J connectivity index is 2.47. The molecule has 3 nitrogen and oxygen atoms in total. The van der Waals surface area contributed by atoms with Gasteiger partial charge < -0.3 is 14.9 Å². The first-order valence-electron chi connectivity index (χ1n) is 8.20. The number of benzene rings is 1. The molecule has 1 aromatic rings. The smallest absolute Gasteiger partial charge is 0.0916 e. The van der Waals surface area contributed by atoms with Crippen LogP contribution in [0.25, 0.3) is 0 Å². The van der Waals surface area contributed by atoms with Crippen LogP contribution in [0, 0.1) is 0 Å². The van der Waals surface area contributed by atoms with Crippen LogP contribution in [0.3, 0.4) is 0 Å². The number of aliphatic hydroxyl groups excluding tert-OH is 1. The van der Waals surface area contributed by atoms with Crippen molar-refractivity contribution in [2.45, 2.75) is 39.2 Å². The highest BCUT2D eigenvalue weighted by Crippen LogP contribution is 2.16. The molecule has 0 aliphatic rings. The van der Waals surface area contributed by atoms with E-state index >= 15 is 0 Å². The maximum atomic E-state index is 10.4. The van der Waals surface area contributed by atoms with Crippen molar-refractivity contribution < 1.29 is 5.11 Å². The van der Waals surface area contributed by atoms with Crippen LogP contribution in [-0.4, -0.2) is 55.2 Å². The molecule has 0 radical (unpaired) electrons. The second kappa shape index (κ2) is 9.93. The minimum atomic E-state index is -0.389. The van der Waals surface area contributed by atoms with Crippen LogP contribution in [0.4, 0.5) is 0 Å². The third-order valence-electron chi connectivity index (χ3n) is 3.86. The van der Waals surface area contributed by atoms with Gasteiger partial charge in [0, 0.05) is 6.54 Å². The number of hydrogen-bond acceptors (Lipinski definition) is 3. The number of hydrogen-bond donors (Lipinski definition) is 1. The van der Waals surface area contributed by atoms with E-state index in [-0.39, 0.29) is 6.10 Å². The van der Waals surface area contributed by atoms with Crippen molar-refractivity contribution in [3.63, 3.8) is 0 Å². The van der Waals surface area contributed by atoms with Crippen molar-refractivity contribution >= 4 is 0 Å². The quantitative estimate of drug-likeness (QED) is 0.718. The van der Waals surface area contributed by atoms with E-state index in [0.29, 0.717) is 0 Å². The molecule has 1 rings (SSSR count). The van der Waals surface area contributed by atoms with E-state index in [1.807, 2.05) is 0 Å². The number of aliphatic hydroxyl groups is 1. The minimum absolute atomic E-state index is 0.389. The van der Waals surface area contributed by atoms with Gasteiger partial charge in [-0.05, 0) is 57.7 Å². The summed E-state index contributed by atoms with van der Waals surface area (Å²) in [7, 11) is 4.20. The van der Waals surface area contributed by atoms with E-state index in [2.05, 4.69) is 62.0 Å². The first-order chi connectivity index (χ1) is 10.1. The second-order valence-corrected chi connectivity index (χ2v) is 6.06. The summed E-state index contributed by atoms with van der Waals surface area (Å²) in [5, 5.41) is 10.4. The molecule has 0 amide bonds. The number of likely N-dealkylation sites (N-methyl/N-ethyl adjacent to an activating group) is 1. The molecule has 1 aromatic carbocycles. The van der Waals surface area contributed by atoms with Gasteiger partial charge in [-0.25, -0.2) is 0 Å². The van der Waals surface area contributed by atoms with Crippen molar-refractivity contribution in [3.05, 3.63) is 35.4 Å². The lowest BCUT2D eigenvalue weighted by Gasteiger charge is -2.24. The Morgan fingerprint density at radius 2 is 1.71 bits per heavy atom. The van der Waals surface area contributed by atoms with Crippen molar-refractivity contribution in [2.24, 2.45) is 0 Å². The van der Waals surface area contributed by atoms with Crippen molar-refractivity contribution in [1.82, 2.24) is 9.80 Å². The topological polar surface area (TPSA) is 26.7 Å². The third kappa shape index (κ3) is 7.07. The first kappa shape index (κ1) is 18.1. The lowest BCUT2D eigenvalue weighted by molar-refractivity contribution is 0.114. The average molecular weight is 292 g/mol. The zero-order valence-corrected chi connectivity index (χ0v) is 14.2. The molecule has 1 atom stereocenters. The third-order valence-corrected chi connectivity index (χ3v) is 3.86. The predicted molar refractivity (Wildman–Crippen MR) is 90.7 cm³/mol. The number of rotatable bonds is 10. The molecule has 0 spiro atoms. The highest BCUT2D eigenvalue weighted by Gasteiger charge is 2.12. The molecule has 0 saturated heterocycles. The number of aryl methyl sites for hydroxylation is 1. The summed E-state index contributed by atoms with van der Waals surface area (Å²) >= 11 is 0. The average Bonchev–Trinajstić information content (AvgIpc) is 2.46. The number of nitrogens with zero attached hydrogens (tertiary/aromatic N) is 2. The van der Waals surface area contributed by atoms with Gasteiger partial charge in [0.05, 0.1) is 6.10 Å². The van der Waals surface area contributed by atoms with Gasteiger partial charge in [0.1, 0.15) is 0 Å². The van der Waals surface area contributed by atoms with Crippen LogP contribution >= 0.6 is 0 Å². The van der Waals surface area contributed by atoms with E-state index < -0.39 is 0 Å². The van der Waals surface area contributed by atoms with Crippen molar-refractivity contribution in [3.8, 4) is 0 Å². The Bertz CT molecular complexity index is 375. The Morgan fingerprint density at radius 1 is 1.05 bits per heavy atom. The Labute approximate surface area is 130 Å². The standard InChI is InChI=1S/C18H32N2O/c1-5-8-16-9-11-17(12-10-16)18(21)15-20(6-2)14-7-13-19(3)4/h9-12,18,21H,5-8,13-15H2,1-4H3. The van der Waals surface area contributed by atoms with Crippen LogP contribution in [0.1, 0.15) is 43.9 Å².